The van der Waals surface area contributed by atoms with Gasteiger partial charge in [0, 0.05) is 18.1 Å². The zero-order chi connectivity index (χ0) is 30.1. The molecule has 0 spiro atoms. The quantitative estimate of drug-likeness (QED) is 0.289. The van der Waals surface area contributed by atoms with Crippen LogP contribution in [0.3, 0.4) is 0 Å². The number of carbonyl (C=O) groups excluding carboxylic acids is 3. The van der Waals surface area contributed by atoms with Gasteiger partial charge in [-0.15, -0.1) is 11.8 Å². The van der Waals surface area contributed by atoms with E-state index in [1.807, 2.05) is 20.8 Å². The lowest BCUT2D eigenvalue weighted by atomic mass is 9.65. The van der Waals surface area contributed by atoms with Gasteiger partial charge in [0.15, 0.2) is 4.87 Å². The van der Waals surface area contributed by atoms with Crippen LogP contribution in [-0.2, 0) is 33.4 Å². The van der Waals surface area contributed by atoms with Crippen molar-refractivity contribution in [3.05, 3.63) is 23.8 Å². The van der Waals surface area contributed by atoms with Gasteiger partial charge in [0.25, 0.3) is 0 Å². The molecule has 9 atom stereocenters. The number of cyclic esters (lactones) is 1. The molecule has 2 fully saturated rings. The Bertz CT molecular complexity index is 1100. The highest BCUT2D eigenvalue weighted by Crippen LogP contribution is 2.46. The third-order valence-corrected chi connectivity index (χ3v) is 10.6. The molecule has 0 amide bonds. The number of fused-ring (bicyclic) bond motifs is 1. The van der Waals surface area contributed by atoms with E-state index in [1.165, 1.54) is 17.3 Å². The normalized spacial score (nSPS) is 37.0. The SMILES string of the molecule is CCC(C)(C)C(=O)O[C@@H]1C[C@H](C)C=C2C=C[C@@H](C)[C@@H](CC[C@@H]3C[C@H](OC(=O)C4(C)NC(C(=O)O)CS4)CC(=O)O3)[C@@H]21. The highest BCUT2D eigenvalue weighted by Gasteiger charge is 2.47. The topological polar surface area (TPSA) is 128 Å². The number of ether oxygens (including phenoxy) is 3. The summed E-state index contributed by atoms with van der Waals surface area (Å²) in [5, 5.41) is 12.1. The molecular weight excluding hydrogens is 546 g/mol. The van der Waals surface area contributed by atoms with Crippen LogP contribution in [0.15, 0.2) is 23.8 Å². The summed E-state index contributed by atoms with van der Waals surface area (Å²) in [6, 6.07) is -0.828. The molecule has 41 heavy (non-hydrogen) atoms. The van der Waals surface area contributed by atoms with Gasteiger partial charge in [-0.05, 0) is 69.8 Å². The van der Waals surface area contributed by atoms with Crippen molar-refractivity contribution in [2.75, 3.05) is 5.75 Å². The molecule has 2 aliphatic carbocycles. The van der Waals surface area contributed by atoms with Crippen LogP contribution < -0.4 is 5.32 Å². The predicted molar refractivity (Wildman–Crippen MR) is 155 cm³/mol. The number of carboxylic acid groups (broad SMARTS) is 1. The van der Waals surface area contributed by atoms with Crippen molar-refractivity contribution in [3.63, 3.8) is 0 Å². The van der Waals surface area contributed by atoms with Crippen molar-refractivity contribution in [1.82, 2.24) is 5.32 Å². The van der Waals surface area contributed by atoms with Crippen molar-refractivity contribution < 1.29 is 38.5 Å². The molecule has 4 rings (SSSR count). The zero-order valence-electron chi connectivity index (χ0n) is 25.0. The largest absolute Gasteiger partial charge is 0.480 e. The summed E-state index contributed by atoms with van der Waals surface area (Å²) >= 11 is 1.20. The highest BCUT2D eigenvalue weighted by atomic mass is 32.2. The summed E-state index contributed by atoms with van der Waals surface area (Å²) in [7, 11) is 0. The monoisotopic (exact) mass is 591 g/mol. The van der Waals surface area contributed by atoms with Gasteiger partial charge >= 0.3 is 23.9 Å². The third-order valence-electron chi connectivity index (χ3n) is 9.28. The summed E-state index contributed by atoms with van der Waals surface area (Å²) in [5.41, 5.74) is 0.665. The summed E-state index contributed by atoms with van der Waals surface area (Å²) in [4.78, 5) is 48.7. The molecule has 2 heterocycles. The van der Waals surface area contributed by atoms with Crippen LogP contribution in [0.2, 0.25) is 0 Å². The van der Waals surface area contributed by atoms with E-state index in [2.05, 4.69) is 37.4 Å². The van der Waals surface area contributed by atoms with Gasteiger partial charge in [-0.3, -0.25) is 19.7 Å². The van der Waals surface area contributed by atoms with Crippen LogP contribution in [-0.4, -0.2) is 64.0 Å². The second-order valence-electron chi connectivity index (χ2n) is 13.0. The van der Waals surface area contributed by atoms with Crippen LogP contribution in [0.25, 0.3) is 0 Å². The molecule has 0 aromatic carbocycles. The number of nitrogens with one attached hydrogen (secondary N) is 1. The maximum atomic E-state index is 13.1. The first-order valence-electron chi connectivity index (χ1n) is 14.9. The first-order valence-corrected chi connectivity index (χ1v) is 15.9. The molecule has 0 aromatic heterocycles. The molecule has 2 saturated heterocycles. The third kappa shape index (κ3) is 7.19. The van der Waals surface area contributed by atoms with E-state index < -0.39 is 46.4 Å². The average Bonchev–Trinajstić information content (AvgIpc) is 3.31. The molecule has 4 aliphatic rings. The van der Waals surface area contributed by atoms with E-state index in [0.29, 0.717) is 25.2 Å². The zero-order valence-corrected chi connectivity index (χ0v) is 25.8. The minimum atomic E-state index is -1.18. The Kier molecular flexibility index (Phi) is 9.63. The smallest absolute Gasteiger partial charge is 0.336 e. The number of carboxylic acids is 1. The Hall–Kier alpha value is -2.33. The van der Waals surface area contributed by atoms with Gasteiger partial charge in [0.2, 0.25) is 0 Å². The molecule has 0 bridgehead atoms. The minimum absolute atomic E-state index is 0.0213. The average molecular weight is 592 g/mol. The van der Waals surface area contributed by atoms with Crippen LogP contribution in [0, 0.1) is 29.1 Å². The molecular formula is C31H45NO8S. The first kappa shape index (κ1) is 31.6. The standard InChI is InChI=1S/C31H45NO8S/c1-7-30(4,5)28(36)40-24-13-17(2)12-19-9-8-18(3)22(26(19)24)11-10-20-14-21(15-25(33)38-20)39-29(37)31(6)32-23(16-41-31)27(34)35/h8-9,12,17-18,20-24,26,32H,7,10-11,13-16H2,1-6H3,(H,34,35)/t17-,18-,20-,21+,22-,23?,24-,26-,31?/m1/s1. The lowest BCUT2D eigenvalue weighted by Gasteiger charge is -2.44. The number of hydrogen-bond acceptors (Lipinski definition) is 9. The molecule has 10 heteroatoms. The van der Waals surface area contributed by atoms with Crippen LogP contribution >= 0.6 is 11.8 Å². The fourth-order valence-corrected chi connectivity index (χ4v) is 7.45. The molecule has 0 saturated carbocycles. The van der Waals surface area contributed by atoms with E-state index in [-0.39, 0.29) is 42.0 Å². The maximum Gasteiger partial charge on any atom is 0.336 e. The van der Waals surface area contributed by atoms with Crippen molar-refractivity contribution in [3.8, 4) is 0 Å². The molecule has 0 radical (unpaired) electrons. The van der Waals surface area contributed by atoms with Crippen LogP contribution in [0.5, 0.6) is 0 Å². The Labute approximate surface area is 247 Å². The number of aliphatic carboxylic acids is 1. The Morgan fingerprint density at radius 1 is 1.20 bits per heavy atom. The number of thioether (sulfide) groups is 1. The van der Waals surface area contributed by atoms with Gasteiger partial charge in [0.05, 0.1) is 11.8 Å². The van der Waals surface area contributed by atoms with E-state index in [0.717, 1.165) is 12.8 Å². The summed E-state index contributed by atoms with van der Waals surface area (Å²) in [6.07, 6.45) is 8.67. The minimum Gasteiger partial charge on any atom is -0.480 e. The molecule has 9 nitrogen and oxygen atoms in total. The van der Waals surface area contributed by atoms with E-state index >= 15 is 0 Å². The van der Waals surface area contributed by atoms with Crippen molar-refractivity contribution in [2.45, 2.75) is 109 Å². The Morgan fingerprint density at radius 3 is 2.59 bits per heavy atom. The molecule has 2 N–H and O–H groups in total. The second-order valence-corrected chi connectivity index (χ2v) is 14.4. The summed E-state index contributed by atoms with van der Waals surface area (Å²) < 4.78 is 17.6. The van der Waals surface area contributed by atoms with Gasteiger partial charge in [-0.2, -0.15) is 0 Å². The van der Waals surface area contributed by atoms with Gasteiger partial charge < -0.3 is 19.3 Å². The van der Waals surface area contributed by atoms with Gasteiger partial charge in [-0.25, -0.2) is 4.79 Å². The first-order chi connectivity index (χ1) is 19.2. The molecule has 228 valence electrons. The van der Waals surface area contributed by atoms with Crippen LogP contribution in [0.1, 0.15) is 80.1 Å². The fourth-order valence-electron chi connectivity index (χ4n) is 6.33. The fraction of sp³-hybridized carbons (Fsp3) is 0.742. The second kappa shape index (κ2) is 12.5. The Morgan fingerprint density at radius 2 is 1.93 bits per heavy atom. The number of rotatable bonds is 9. The van der Waals surface area contributed by atoms with Crippen LogP contribution in [0.4, 0.5) is 0 Å². The number of carbonyl (C=O) groups is 4. The predicted octanol–water partition coefficient (Wildman–Crippen LogP) is 4.64. The van der Waals surface area contributed by atoms with E-state index in [9.17, 15) is 24.3 Å². The van der Waals surface area contributed by atoms with Gasteiger partial charge in [-0.1, -0.05) is 39.0 Å². The Balaban J connectivity index is 1.41. The van der Waals surface area contributed by atoms with E-state index in [4.69, 9.17) is 14.2 Å². The van der Waals surface area contributed by atoms with Crippen molar-refractivity contribution in [1.29, 1.82) is 0 Å². The molecule has 2 unspecified atom stereocenters. The number of hydrogen-bond donors (Lipinski definition) is 2. The number of esters is 3. The highest BCUT2D eigenvalue weighted by molar-refractivity contribution is 8.01. The summed E-state index contributed by atoms with van der Waals surface area (Å²) in [5.74, 6) is -1.06. The number of allylic oxidation sites excluding steroid dienone is 3. The van der Waals surface area contributed by atoms with Crippen molar-refractivity contribution >= 4 is 35.6 Å². The van der Waals surface area contributed by atoms with E-state index in [1.54, 1.807) is 6.92 Å². The van der Waals surface area contributed by atoms with Crippen molar-refractivity contribution in [2.24, 2.45) is 29.1 Å². The lowest BCUT2D eigenvalue weighted by molar-refractivity contribution is -0.172. The summed E-state index contributed by atoms with van der Waals surface area (Å²) in [6.45, 7) is 11.8. The lowest BCUT2D eigenvalue weighted by Crippen LogP contribution is -2.50. The molecule has 2 aliphatic heterocycles. The maximum absolute atomic E-state index is 13.1. The van der Waals surface area contributed by atoms with Gasteiger partial charge in [0.1, 0.15) is 24.4 Å². The molecule has 0 aromatic rings.